The van der Waals surface area contributed by atoms with E-state index >= 15 is 0 Å². The molecule has 7 rings (SSSR count). The largest absolute Gasteiger partial charge is 0.462 e. The number of benzene rings is 2. The minimum Gasteiger partial charge on any atom is -0.462 e. The summed E-state index contributed by atoms with van der Waals surface area (Å²) in [7, 11) is 2.14. The Balaban J connectivity index is 1.28. The lowest BCUT2D eigenvalue weighted by atomic mass is 9.62. The van der Waals surface area contributed by atoms with E-state index in [-0.39, 0.29) is 17.9 Å². The number of nitrogens with zero attached hydrogens (tertiary/aromatic N) is 7. The van der Waals surface area contributed by atoms with Crippen molar-refractivity contribution < 1.29 is 14.2 Å². The van der Waals surface area contributed by atoms with Gasteiger partial charge in [-0.1, -0.05) is 48.4 Å². The van der Waals surface area contributed by atoms with Gasteiger partial charge in [0.15, 0.2) is 0 Å². The molecule has 4 heterocycles. The molecule has 1 unspecified atom stereocenters. The zero-order valence-electron chi connectivity index (χ0n) is 27.0. The SMILES string of the molecule is CN1CCC[C@H]1COc1nc2c(c(N3CCN(C(O)/C=C/CF)[C@@H](CC#N)C3)n1)C1(CCC1)CN(c1cccc3cccc(Cl)c13)C2. The highest BCUT2D eigenvalue weighted by Gasteiger charge is 2.49. The number of piperazine rings is 1. The van der Waals surface area contributed by atoms with E-state index in [1.807, 2.05) is 17.0 Å². The number of likely N-dealkylation sites (N-methyl/N-ethyl adjacent to an activating group) is 1. The normalized spacial score (nSPS) is 23.6. The highest BCUT2D eigenvalue weighted by Crippen LogP contribution is 2.52. The third kappa shape index (κ3) is 6.15. The molecular weight excluding hydrogens is 617 g/mol. The second-order valence-electron chi connectivity index (χ2n) is 13.5. The molecule has 1 aromatic heterocycles. The van der Waals surface area contributed by atoms with Gasteiger partial charge in [0.1, 0.15) is 25.3 Å². The number of anilines is 2. The average molecular weight is 660 g/mol. The lowest BCUT2D eigenvalue weighted by Gasteiger charge is -2.52. The quantitative estimate of drug-likeness (QED) is 0.301. The van der Waals surface area contributed by atoms with Crippen LogP contribution in [0.5, 0.6) is 6.01 Å². The first-order chi connectivity index (χ1) is 22.9. The maximum atomic E-state index is 12.9. The van der Waals surface area contributed by atoms with Gasteiger partial charge < -0.3 is 24.5 Å². The number of aliphatic hydroxyl groups is 1. The number of ether oxygens (including phenoxy) is 1. The molecule has 1 saturated carbocycles. The maximum absolute atomic E-state index is 12.9. The van der Waals surface area contributed by atoms with Crippen LogP contribution in [0.4, 0.5) is 15.9 Å². The summed E-state index contributed by atoms with van der Waals surface area (Å²) < 4.78 is 19.3. The summed E-state index contributed by atoms with van der Waals surface area (Å²) >= 11 is 6.82. The van der Waals surface area contributed by atoms with Crippen molar-refractivity contribution in [3.63, 3.8) is 0 Å². The van der Waals surface area contributed by atoms with Crippen LogP contribution in [0, 0.1) is 11.3 Å². The second kappa shape index (κ2) is 13.6. The Morgan fingerprint density at radius 1 is 1.13 bits per heavy atom. The Hall–Kier alpha value is -3.49. The van der Waals surface area contributed by atoms with E-state index in [1.54, 1.807) is 0 Å². The Labute approximate surface area is 281 Å². The van der Waals surface area contributed by atoms with Crippen molar-refractivity contribution in [1.29, 1.82) is 5.26 Å². The van der Waals surface area contributed by atoms with Crippen LogP contribution in [0.1, 0.15) is 49.8 Å². The molecule has 2 aromatic carbocycles. The van der Waals surface area contributed by atoms with Crippen molar-refractivity contribution >= 4 is 33.9 Å². The van der Waals surface area contributed by atoms with Gasteiger partial charge in [-0.25, -0.2) is 4.39 Å². The number of rotatable bonds is 9. The van der Waals surface area contributed by atoms with Crippen LogP contribution in [-0.4, -0.2) is 96.2 Å². The molecule has 1 aliphatic carbocycles. The van der Waals surface area contributed by atoms with Crippen LogP contribution < -0.4 is 14.5 Å². The van der Waals surface area contributed by atoms with Gasteiger partial charge in [-0.15, -0.1) is 0 Å². The number of halogens is 2. The van der Waals surface area contributed by atoms with Crippen LogP contribution in [0.25, 0.3) is 10.8 Å². The molecule has 0 amide bonds. The van der Waals surface area contributed by atoms with E-state index in [0.29, 0.717) is 44.8 Å². The predicted octanol–water partition coefficient (Wildman–Crippen LogP) is 5.45. The van der Waals surface area contributed by atoms with Crippen LogP contribution in [0.3, 0.4) is 0 Å². The zero-order valence-corrected chi connectivity index (χ0v) is 27.7. The summed E-state index contributed by atoms with van der Waals surface area (Å²) in [6, 6.07) is 15.2. The van der Waals surface area contributed by atoms with Crippen LogP contribution in [-0.2, 0) is 12.0 Å². The van der Waals surface area contributed by atoms with Crippen molar-refractivity contribution in [2.45, 2.75) is 68.8 Å². The fraction of sp³-hybridized carbons (Fsp3) is 0.528. The Morgan fingerprint density at radius 2 is 1.96 bits per heavy atom. The summed E-state index contributed by atoms with van der Waals surface area (Å²) in [5.74, 6) is 0.886. The van der Waals surface area contributed by atoms with E-state index < -0.39 is 12.9 Å². The predicted molar refractivity (Wildman–Crippen MR) is 183 cm³/mol. The smallest absolute Gasteiger partial charge is 0.318 e. The highest BCUT2D eigenvalue weighted by atomic mass is 35.5. The molecule has 3 atom stereocenters. The Morgan fingerprint density at radius 3 is 2.68 bits per heavy atom. The van der Waals surface area contributed by atoms with Gasteiger partial charge >= 0.3 is 6.01 Å². The summed E-state index contributed by atoms with van der Waals surface area (Å²) in [4.78, 5) is 19.2. The zero-order chi connectivity index (χ0) is 32.5. The molecule has 248 valence electrons. The van der Waals surface area contributed by atoms with Gasteiger partial charge in [0.2, 0.25) is 0 Å². The van der Waals surface area contributed by atoms with E-state index in [4.69, 9.17) is 26.3 Å². The molecule has 1 spiro atoms. The molecule has 47 heavy (non-hydrogen) atoms. The number of aliphatic hydroxyl groups excluding tert-OH is 1. The molecule has 9 nitrogen and oxygen atoms in total. The average Bonchev–Trinajstić information content (AvgIpc) is 3.48. The van der Waals surface area contributed by atoms with Gasteiger partial charge in [-0.3, -0.25) is 4.90 Å². The molecule has 0 radical (unpaired) electrons. The molecule has 3 fully saturated rings. The summed E-state index contributed by atoms with van der Waals surface area (Å²) in [5, 5.41) is 23.5. The maximum Gasteiger partial charge on any atom is 0.318 e. The minimum absolute atomic E-state index is 0.123. The van der Waals surface area contributed by atoms with Crippen LogP contribution in [0.15, 0.2) is 48.6 Å². The lowest BCUT2D eigenvalue weighted by molar-refractivity contribution is 0.00378. The first-order valence-electron chi connectivity index (χ1n) is 16.9. The third-order valence-electron chi connectivity index (χ3n) is 10.8. The molecule has 1 N–H and O–H groups in total. The van der Waals surface area contributed by atoms with Gasteiger partial charge in [-0.05, 0) is 62.9 Å². The number of aromatic nitrogens is 2. The van der Waals surface area contributed by atoms with Crippen molar-refractivity contribution in [3.05, 3.63) is 64.8 Å². The number of hydrogen-bond donors (Lipinski definition) is 1. The molecule has 4 aliphatic rings. The van der Waals surface area contributed by atoms with Crippen LogP contribution >= 0.6 is 11.6 Å². The molecular formula is C36H43ClFN7O2. The molecule has 2 saturated heterocycles. The molecule has 0 bridgehead atoms. The second-order valence-corrected chi connectivity index (χ2v) is 13.9. The number of nitriles is 1. The first-order valence-corrected chi connectivity index (χ1v) is 17.2. The van der Waals surface area contributed by atoms with Gasteiger partial charge in [0.05, 0.1) is 29.8 Å². The van der Waals surface area contributed by atoms with Crippen molar-refractivity contribution in [2.75, 3.05) is 62.9 Å². The van der Waals surface area contributed by atoms with Crippen molar-refractivity contribution in [2.24, 2.45) is 0 Å². The summed E-state index contributed by atoms with van der Waals surface area (Å²) in [6.07, 6.45) is 7.52. The molecule has 3 aliphatic heterocycles. The topological polar surface area (TPSA) is 92.0 Å². The van der Waals surface area contributed by atoms with E-state index in [2.05, 4.69) is 52.1 Å². The fourth-order valence-corrected chi connectivity index (χ4v) is 8.45. The van der Waals surface area contributed by atoms with E-state index in [0.717, 1.165) is 78.2 Å². The number of likely N-dealkylation sites (tertiary alicyclic amines) is 1. The number of fused-ring (bicyclic) bond motifs is 3. The number of hydrogen-bond acceptors (Lipinski definition) is 9. The van der Waals surface area contributed by atoms with E-state index in [9.17, 15) is 14.8 Å². The number of alkyl halides is 1. The summed E-state index contributed by atoms with van der Waals surface area (Å²) in [6.45, 7) is 4.02. The molecule has 11 heteroatoms. The third-order valence-corrected chi connectivity index (χ3v) is 11.1. The summed E-state index contributed by atoms with van der Waals surface area (Å²) in [5.41, 5.74) is 3.16. The van der Waals surface area contributed by atoms with Crippen molar-refractivity contribution in [1.82, 2.24) is 19.8 Å². The van der Waals surface area contributed by atoms with Gasteiger partial charge in [0.25, 0.3) is 0 Å². The fourth-order valence-electron chi connectivity index (χ4n) is 8.17. The Kier molecular flexibility index (Phi) is 9.25. The molecule has 3 aromatic rings. The monoisotopic (exact) mass is 659 g/mol. The lowest BCUT2D eigenvalue weighted by Crippen LogP contribution is -2.57. The van der Waals surface area contributed by atoms with E-state index in [1.165, 1.54) is 17.7 Å². The minimum atomic E-state index is -0.952. The Bertz CT molecular complexity index is 1670. The van der Waals surface area contributed by atoms with Crippen LogP contribution in [0.2, 0.25) is 5.02 Å². The number of allylic oxidation sites excluding steroid dienone is 1. The van der Waals surface area contributed by atoms with Gasteiger partial charge in [-0.2, -0.15) is 15.2 Å². The standard InChI is InChI=1S/C36H43ClFN7O2/c1-42-18-5-9-27(42)23-47-35-40-29-22-44(30-11-3-8-25-7-2-10-28(37)32(25)30)24-36(14-6-15-36)33(29)34(41-35)43-19-20-45(26(21-43)13-17-39)31(46)12-4-16-38/h2-4,7-8,10-12,26-27,31,46H,5-6,9,13-16,18-24H2,1H3/b12-4+/t26-,27-,31?/m0/s1. The van der Waals surface area contributed by atoms with Gasteiger partial charge in [0, 0.05) is 60.3 Å². The van der Waals surface area contributed by atoms with Crippen molar-refractivity contribution in [3.8, 4) is 12.1 Å². The highest BCUT2D eigenvalue weighted by molar-refractivity contribution is 6.36. The first kappa shape index (κ1) is 32.1.